The summed E-state index contributed by atoms with van der Waals surface area (Å²) in [5, 5.41) is 6.01. The van der Waals surface area contributed by atoms with E-state index in [2.05, 4.69) is 15.5 Å². The molecule has 1 fully saturated rings. The molecule has 0 aromatic carbocycles. The molecule has 0 bridgehead atoms. The maximum atomic E-state index is 12.3. The van der Waals surface area contributed by atoms with Gasteiger partial charge in [0.25, 0.3) is 11.7 Å². The van der Waals surface area contributed by atoms with Crippen LogP contribution in [0.2, 0.25) is 0 Å². The largest absolute Gasteiger partial charge is 0.444 e. The molecule has 0 saturated carbocycles. The van der Waals surface area contributed by atoms with Gasteiger partial charge >= 0.3 is 6.09 Å². The van der Waals surface area contributed by atoms with Crippen molar-refractivity contribution in [3.8, 4) is 0 Å². The summed E-state index contributed by atoms with van der Waals surface area (Å²) in [4.78, 5) is 41.4. The lowest BCUT2D eigenvalue weighted by atomic mass is 10.2. The number of methoxy groups -OCH3 is 1. The predicted molar refractivity (Wildman–Crippen MR) is 91.5 cm³/mol. The van der Waals surface area contributed by atoms with E-state index in [4.69, 9.17) is 19.7 Å². The Hall–Kier alpha value is -2.69. The monoisotopic (exact) mass is 383 g/mol. The van der Waals surface area contributed by atoms with Gasteiger partial charge in [-0.2, -0.15) is 4.98 Å². The van der Waals surface area contributed by atoms with Crippen LogP contribution in [0.3, 0.4) is 0 Å². The first-order chi connectivity index (χ1) is 12.6. The van der Waals surface area contributed by atoms with E-state index >= 15 is 0 Å². The number of nitrogens with one attached hydrogen (secondary N) is 1. The maximum absolute atomic E-state index is 12.3. The molecule has 2 heterocycles. The van der Waals surface area contributed by atoms with Gasteiger partial charge in [-0.15, -0.1) is 0 Å². The van der Waals surface area contributed by atoms with E-state index in [9.17, 15) is 14.4 Å². The SMILES string of the molecule is COC[C@H](NC(=O)c1noc([C@@H]2CCCN2C(=O)OC(C)(C)C)n1)C(N)=O. The van der Waals surface area contributed by atoms with Crippen LogP contribution in [-0.4, -0.2) is 64.9 Å². The molecule has 3 N–H and O–H groups in total. The van der Waals surface area contributed by atoms with Gasteiger partial charge in [0.1, 0.15) is 17.7 Å². The smallest absolute Gasteiger partial charge is 0.410 e. The highest BCUT2D eigenvalue weighted by Crippen LogP contribution is 2.32. The number of nitrogens with zero attached hydrogens (tertiary/aromatic N) is 3. The number of hydrogen-bond donors (Lipinski definition) is 2. The second-order valence-electron chi connectivity index (χ2n) is 7.17. The molecule has 0 aliphatic carbocycles. The zero-order chi connectivity index (χ0) is 20.2. The van der Waals surface area contributed by atoms with Crippen LogP contribution in [0.1, 0.15) is 56.2 Å². The lowest BCUT2D eigenvalue weighted by Crippen LogP contribution is -2.47. The molecule has 150 valence electrons. The summed E-state index contributed by atoms with van der Waals surface area (Å²) in [5.74, 6) is -1.61. The van der Waals surface area contributed by atoms with Crippen LogP contribution in [0.25, 0.3) is 0 Å². The number of amides is 3. The van der Waals surface area contributed by atoms with E-state index in [0.29, 0.717) is 13.0 Å². The number of carbonyl (C=O) groups is 3. The average Bonchev–Trinajstić information content (AvgIpc) is 3.21. The third-order valence-electron chi connectivity index (χ3n) is 3.79. The number of carbonyl (C=O) groups excluding carboxylic acids is 3. The Kier molecular flexibility index (Phi) is 6.37. The Morgan fingerprint density at radius 1 is 1.41 bits per heavy atom. The molecule has 0 unspecified atom stereocenters. The van der Waals surface area contributed by atoms with Crippen molar-refractivity contribution in [1.82, 2.24) is 20.4 Å². The molecule has 11 heteroatoms. The van der Waals surface area contributed by atoms with Crippen molar-refractivity contribution in [1.29, 1.82) is 0 Å². The molecule has 11 nitrogen and oxygen atoms in total. The minimum Gasteiger partial charge on any atom is -0.444 e. The molecule has 1 aromatic rings. The van der Waals surface area contributed by atoms with Gasteiger partial charge in [-0.3, -0.25) is 14.5 Å². The molecule has 0 radical (unpaired) electrons. The van der Waals surface area contributed by atoms with E-state index in [0.717, 1.165) is 6.42 Å². The highest BCUT2D eigenvalue weighted by molar-refractivity contribution is 5.94. The second-order valence-corrected chi connectivity index (χ2v) is 7.17. The molecule has 27 heavy (non-hydrogen) atoms. The molecule has 1 aliphatic rings. The van der Waals surface area contributed by atoms with Crippen molar-refractivity contribution in [3.05, 3.63) is 11.7 Å². The van der Waals surface area contributed by atoms with E-state index in [-0.39, 0.29) is 18.3 Å². The summed E-state index contributed by atoms with van der Waals surface area (Å²) >= 11 is 0. The summed E-state index contributed by atoms with van der Waals surface area (Å²) in [6.45, 7) is 5.74. The topological polar surface area (TPSA) is 150 Å². The number of nitrogens with two attached hydrogens (primary N) is 1. The van der Waals surface area contributed by atoms with Crippen LogP contribution in [0, 0.1) is 0 Å². The van der Waals surface area contributed by atoms with Crippen LogP contribution in [0.5, 0.6) is 0 Å². The lowest BCUT2D eigenvalue weighted by molar-refractivity contribution is -0.121. The van der Waals surface area contributed by atoms with Gasteiger partial charge in [0.2, 0.25) is 11.8 Å². The first kappa shape index (κ1) is 20.6. The standard InChI is InChI=1S/C16H25N5O6/c1-16(2,3)26-15(24)21-7-5-6-10(21)14-19-12(20-27-14)13(23)18-9(8-25-4)11(17)22/h9-10H,5-8H2,1-4H3,(H2,17,22)(H,18,23)/t9-,10-/m0/s1. The molecule has 2 atom stereocenters. The molecule has 2 rings (SSSR count). The van der Waals surface area contributed by atoms with Crippen molar-refractivity contribution in [2.75, 3.05) is 20.3 Å². The van der Waals surface area contributed by atoms with Crippen molar-refractivity contribution in [3.63, 3.8) is 0 Å². The number of aromatic nitrogens is 2. The zero-order valence-corrected chi connectivity index (χ0v) is 15.9. The minimum atomic E-state index is -1.02. The maximum Gasteiger partial charge on any atom is 0.410 e. The molecular formula is C16H25N5O6. The van der Waals surface area contributed by atoms with Gasteiger partial charge in [-0.25, -0.2) is 4.79 Å². The van der Waals surface area contributed by atoms with Gasteiger partial charge in [0.15, 0.2) is 0 Å². The summed E-state index contributed by atoms with van der Waals surface area (Å²) in [5.41, 5.74) is 4.57. The van der Waals surface area contributed by atoms with Crippen LogP contribution in [-0.2, 0) is 14.3 Å². The Labute approximate surface area is 156 Å². The first-order valence-corrected chi connectivity index (χ1v) is 8.54. The molecule has 1 saturated heterocycles. The molecule has 1 aliphatic heterocycles. The van der Waals surface area contributed by atoms with Crippen molar-refractivity contribution < 1.29 is 28.4 Å². The zero-order valence-electron chi connectivity index (χ0n) is 15.9. The third kappa shape index (κ3) is 5.39. The molecule has 1 aromatic heterocycles. The first-order valence-electron chi connectivity index (χ1n) is 8.54. The van der Waals surface area contributed by atoms with Gasteiger partial charge in [-0.1, -0.05) is 5.16 Å². The normalized spacial score (nSPS) is 18.2. The van der Waals surface area contributed by atoms with E-state index in [1.807, 2.05) is 0 Å². The summed E-state index contributed by atoms with van der Waals surface area (Å²) < 4.78 is 15.4. The molecular weight excluding hydrogens is 358 g/mol. The summed E-state index contributed by atoms with van der Waals surface area (Å²) in [7, 11) is 1.37. The highest BCUT2D eigenvalue weighted by atomic mass is 16.6. The number of likely N-dealkylation sites (tertiary alicyclic amines) is 1. The van der Waals surface area contributed by atoms with Gasteiger partial charge in [0.05, 0.1) is 6.61 Å². The van der Waals surface area contributed by atoms with Gasteiger partial charge in [0, 0.05) is 13.7 Å². The van der Waals surface area contributed by atoms with Crippen molar-refractivity contribution >= 4 is 17.9 Å². The minimum absolute atomic E-state index is 0.0825. The summed E-state index contributed by atoms with van der Waals surface area (Å²) in [6, 6.07) is -1.49. The van der Waals surface area contributed by atoms with Crippen LogP contribution in [0.15, 0.2) is 4.52 Å². The third-order valence-corrected chi connectivity index (χ3v) is 3.79. The fourth-order valence-electron chi connectivity index (χ4n) is 2.61. The Balaban J connectivity index is 2.08. The van der Waals surface area contributed by atoms with E-state index in [1.165, 1.54) is 12.0 Å². The average molecular weight is 383 g/mol. The lowest BCUT2D eigenvalue weighted by Gasteiger charge is -2.26. The van der Waals surface area contributed by atoms with Gasteiger partial charge < -0.3 is 25.0 Å². The fourth-order valence-corrected chi connectivity index (χ4v) is 2.61. The number of ether oxygens (including phenoxy) is 2. The fraction of sp³-hybridized carbons (Fsp3) is 0.688. The van der Waals surface area contributed by atoms with E-state index < -0.39 is 35.6 Å². The Morgan fingerprint density at radius 3 is 2.70 bits per heavy atom. The van der Waals surface area contributed by atoms with Crippen molar-refractivity contribution in [2.24, 2.45) is 5.73 Å². The molecule has 3 amide bonds. The number of rotatable bonds is 6. The Morgan fingerprint density at radius 2 is 2.11 bits per heavy atom. The summed E-state index contributed by atoms with van der Waals surface area (Å²) in [6.07, 6.45) is 0.865. The second kappa shape index (κ2) is 8.33. The van der Waals surface area contributed by atoms with Crippen molar-refractivity contribution in [2.45, 2.75) is 51.3 Å². The predicted octanol–water partition coefficient (Wildman–Crippen LogP) is 0.372. The van der Waals surface area contributed by atoms with Crippen LogP contribution < -0.4 is 11.1 Å². The molecule has 0 spiro atoms. The quantitative estimate of drug-likeness (QED) is 0.715. The van der Waals surface area contributed by atoms with Crippen LogP contribution in [0.4, 0.5) is 4.79 Å². The number of primary amides is 1. The Bertz CT molecular complexity index is 698. The highest BCUT2D eigenvalue weighted by Gasteiger charge is 2.37. The number of hydrogen-bond acceptors (Lipinski definition) is 8. The van der Waals surface area contributed by atoms with Gasteiger partial charge in [-0.05, 0) is 33.6 Å². The van der Waals surface area contributed by atoms with E-state index in [1.54, 1.807) is 20.8 Å². The van der Waals surface area contributed by atoms with Crippen LogP contribution >= 0.6 is 0 Å².